The molecule has 0 aliphatic carbocycles. The van der Waals surface area contributed by atoms with E-state index in [-0.39, 0.29) is 4.90 Å². The predicted octanol–water partition coefficient (Wildman–Crippen LogP) is 4.47. The lowest BCUT2D eigenvalue weighted by atomic mass is 10.2. The van der Waals surface area contributed by atoms with Gasteiger partial charge >= 0.3 is 0 Å². The highest BCUT2D eigenvalue weighted by molar-refractivity contribution is 7.99. The topological polar surface area (TPSA) is 77.3 Å². The van der Waals surface area contributed by atoms with Crippen LogP contribution in [-0.2, 0) is 10.0 Å². The van der Waals surface area contributed by atoms with Crippen molar-refractivity contribution in [1.82, 2.24) is 19.1 Å². The van der Waals surface area contributed by atoms with Gasteiger partial charge in [0.2, 0.25) is 10.0 Å². The van der Waals surface area contributed by atoms with E-state index < -0.39 is 10.0 Å². The second kappa shape index (κ2) is 9.84. The number of ether oxygens (including phenoxy) is 1. The summed E-state index contributed by atoms with van der Waals surface area (Å²) in [4.78, 5) is 0.243. The monoisotopic (exact) mass is 460 g/mol. The Hall–Kier alpha value is -2.36. The van der Waals surface area contributed by atoms with Crippen LogP contribution in [0.15, 0.2) is 58.6 Å². The van der Waals surface area contributed by atoms with Gasteiger partial charge in [0.15, 0.2) is 11.0 Å². The van der Waals surface area contributed by atoms with Crippen LogP contribution in [0.3, 0.4) is 0 Å². The Labute approximate surface area is 188 Å². The molecule has 3 rings (SSSR count). The van der Waals surface area contributed by atoms with E-state index in [0.717, 1.165) is 16.6 Å². The van der Waals surface area contributed by atoms with Crippen molar-refractivity contribution < 1.29 is 13.2 Å². The molecule has 7 nitrogen and oxygen atoms in total. The molecule has 0 amide bonds. The van der Waals surface area contributed by atoms with Crippen LogP contribution in [-0.4, -0.2) is 52.9 Å². The summed E-state index contributed by atoms with van der Waals surface area (Å²) in [5.41, 5.74) is 1.53. The molecule has 0 spiro atoms. The van der Waals surface area contributed by atoms with Gasteiger partial charge in [0.1, 0.15) is 5.75 Å². The number of rotatable bonds is 9. The first-order chi connectivity index (χ1) is 14.8. The third-order valence-electron chi connectivity index (χ3n) is 4.72. The normalized spacial score (nSPS) is 12.0. The smallest absolute Gasteiger partial charge is 0.243 e. The summed E-state index contributed by atoms with van der Waals surface area (Å²) in [6, 6.07) is 14.5. The fourth-order valence-electron chi connectivity index (χ4n) is 3.23. The van der Waals surface area contributed by atoms with E-state index >= 15 is 0 Å². The minimum absolute atomic E-state index is 0.243. The molecule has 2 aromatic carbocycles. The highest BCUT2D eigenvalue weighted by Crippen LogP contribution is 2.32. The molecule has 0 radical (unpaired) electrons. The van der Waals surface area contributed by atoms with Crippen molar-refractivity contribution in [3.8, 4) is 22.8 Å². The minimum Gasteiger partial charge on any atom is -0.497 e. The molecule has 0 N–H and O–H groups in total. The molecule has 9 heteroatoms. The first-order valence-electron chi connectivity index (χ1n) is 10.2. The molecular weight excluding hydrogens is 432 g/mol. The molecule has 0 saturated carbocycles. The maximum absolute atomic E-state index is 13.0. The van der Waals surface area contributed by atoms with Crippen LogP contribution in [0.25, 0.3) is 17.1 Å². The lowest BCUT2D eigenvalue weighted by molar-refractivity contribution is 0.414. The predicted molar refractivity (Wildman–Crippen MR) is 124 cm³/mol. The molecule has 0 atom stereocenters. The number of thioether (sulfide) groups is 1. The van der Waals surface area contributed by atoms with E-state index in [1.165, 1.54) is 4.31 Å². The number of aromatic nitrogens is 3. The van der Waals surface area contributed by atoms with Crippen molar-refractivity contribution in [3.63, 3.8) is 0 Å². The zero-order valence-corrected chi connectivity index (χ0v) is 20.1. The zero-order valence-electron chi connectivity index (χ0n) is 18.4. The van der Waals surface area contributed by atoms with E-state index in [2.05, 4.69) is 24.0 Å². The lowest BCUT2D eigenvalue weighted by Crippen LogP contribution is -2.30. The van der Waals surface area contributed by atoms with Gasteiger partial charge < -0.3 is 4.74 Å². The quantitative estimate of drug-likeness (QED) is 0.438. The molecule has 1 aromatic heterocycles. The minimum atomic E-state index is -3.58. The molecule has 0 bridgehead atoms. The fourth-order valence-corrected chi connectivity index (χ4v) is 5.55. The van der Waals surface area contributed by atoms with E-state index in [4.69, 9.17) is 4.74 Å². The van der Waals surface area contributed by atoms with Gasteiger partial charge in [-0.05, 0) is 24.3 Å². The number of hydrogen-bond acceptors (Lipinski definition) is 6. The van der Waals surface area contributed by atoms with Crippen LogP contribution in [0, 0.1) is 0 Å². The van der Waals surface area contributed by atoms with Gasteiger partial charge in [0.25, 0.3) is 0 Å². The van der Waals surface area contributed by atoms with Crippen molar-refractivity contribution in [2.24, 2.45) is 0 Å². The summed E-state index contributed by atoms with van der Waals surface area (Å²) in [7, 11) is -1.96. The van der Waals surface area contributed by atoms with Crippen LogP contribution >= 0.6 is 11.8 Å². The largest absolute Gasteiger partial charge is 0.497 e. The van der Waals surface area contributed by atoms with E-state index in [1.807, 2.05) is 48.7 Å². The maximum atomic E-state index is 13.0. The maximum Gasteiger partial charge on any atom is 0.243 e. The van der Waals surface area contributed by atoms with Gasteiger partial charge in [-0.25, -0.2) is 8.42 Å². The van der Waals surface area contributed by atoms with Crippen LogP contribution in [0.5, 0.6) is 5.75 Å². The third-order valence-corrected chi connectivity index (χ3v) is 7.71. The van der Waals surface area contributed by atoms with Crippen LogP contribution in [0.1, 0.15) is 27.7 Å². The summed E-state index contributed by atoms with van der Waals surface area (Å²) in [5.74, 6) is 1.29. The molecule has 0 aliphatic heterocycles. The van der Waals surface area contributed by atoms with Crippen molar-refractivity contribution in [1.29, 1.82) is 0 Å². The molecule has 31 heavy (non-hydrogen) atoms. The molecule has 3 aromatic rings. The summed E-state index contributed by atoms with van der Waals surface area (Å²) >= 11 is 1.59. The molecule has 0 fully saturated rings. The Morgan fingerprint density at radius 1 is 1.06 bits per heavy atom. The zero-order chi connectivity index (χ0) is 22.6. The molecule has 0 aliphatic rings. The van der Waals surface area contributed by atoms with E-state index in [1.54, 1.807) is 37.1 Å². The molecule has 166 valence electrons. The Morgan fingerprint density at radius 3 is 2.42 bits per heavy atom. The number of benzene rings is 2. The average molecular weight is 461 g/mol. The molecule has 0 saturated heterocycles. The Balaban J connectivity index is 2.17. The first kappa shape index (κ1) is 23.3. The standard InChI is InChI=1S/C22H28N4O3S2/c1-6-25(7-2)31(27,28)20-13-8-10-17(14-20)21-23-24-22(30-16(3)4)26(21)18-11-9-12-19(15-18)29-5/h8-16H,6-7H2,1-5H3. The van der Waals surface area contributed by atoms with Crippen molar-refractivity contribution in [2.45, 2.75) is 43.0 Å². The Bertz CT molecular complexity index is 1140. The summed E-state index contributed by atoms with van der Waals surface area (Å²) in [6.07, 6.45) is 0. The van der Waals surface area contributed by atoms with Crippen LogP contribution in [0.4, 0.5) is 0 Å². The average Bonchev–Trinajstić information content (AvgIpc) is 3.17. The third kappa shape index (κ3) is 4.94. The lowest BCUT2D eigenvalue weighted by Gasteiger charge is -2.19. The number of methoxy groups -OCH3 is 1. The first-order valence-corrected chi connectivity index (χ1v) is 12.5. The number of sulfonamides is 1. The van der Waals surface area contributed by atoms with Crippen LogP contribution in [0.2, 0.25) is 0 Å². The van der Waals surface area contributed by atoms with Gasteiger partial charge in [-0.3, -0.25) is 4.57 Å². The van der Waals surface area contributed by atoms with Gasteiger partial charge in [0, 0.05) is 30.0 Å². The summed E-state index contributed by atoms with van der Waals surface area (Å²) in [5, 5.41) is 9.86. The summed E-state index contributed by atoms with van der Waals surface area (Å²) in [6.45, 7) is 8.67. The van der Waals surface area contributed by atoms with Crippen LogP contribution < -0.4 is 4.74 Å². The molecule has 1 heterocycles. The van der Waals surface area contributed by atoms with Crippen molar-refractivity contribution in [3.05, 3.63) is 48.5 Å². The van der Waals surface area contributed by atoms with Gasteiger partial charge in [-0.2, -0.15) is 4.31 Å². The SMILES string of the molecule is CCN(CC)S(=O)(=O)c1cccc(-c2nnc(SC(C)C)n2-c2cccc(OC)c2)c1. The highest BCUT2D eigenvalue weighted by atomic mass is 32.2. The number of nitrogens with zero attached hydrogens (tertiary/aromatic N) is 4. The fraction of sp³-hybridized carbons (Fsp3) is 0.364. The van der Waals surface area contributed by atoms with E-state index in [9.17, 15) is 8.42 Å². The van der Waals surface area contributed by atoms with Crippen molar-refractivity contribution in [2.75, 3.05) is 20.2 Å². The Kier molecular flexibility index (Phi) is 7.40. The van der Waals surface area contributed by atoms with Gasteiger partial charge in [-0.1, -0.05) is 57.7 Å². The van der Waals surface area contributed by atoms with E-state index in [0.29, 0.717) is 29.7 Å². The Morgan fingerprint density at radius 2 is 1.77 bits per heavy atom. The second-order valence-corrected chi connectivity index (χ2v) is 10.6. The van der Waals surface area contributed by atoms with Gasteiger partial charge in [0.05, 0.1) is 17.7 Å². The molecular formula is C22H28N4O3S2. The second-order valence-electron chi connectivity index (χ2n) is 7.13. The summed E-state index contributed by atoms with van der Waals surface area (Å²) < 4.78 is 34.8. The number of hydrogen-bond donors (Lipinski definition) is 0. The highest BCUT2D eigenvalue weighted by Gasteiger charge is 2.24. The van der Waals surface area contributed by atoms with Gasteiger partial charge in [-0.15, -0.1) is 10.2 Å². The van der Waals surface area contributed by atoms with Crippen molar-refractivity contribution >= 4 is 21.8 Å². The molecule has 0 unspecified atom stereocenters.